The number of fused-ring (bicyclic) bond motifs is 1. The minimum Gasteiger partial charge on any atom is -0.279 e. The summed E-state index contributed by atoms with van der Waals surface area (Å²) < 4.78 is 3.79. The van der Waals surface area contributed by atoms with Crippen molar-refractivity contribution in [1.29, 1.82) is 0 Å². The van der Waals surface area contributed by atoms with Crippen molar-refractivity contribution in [3.63, 3.8) is 0 Å². The number of aryl methyl sites for hydroxylation is 1. The predicted octanol–water partition coefficient (Wildman–Crippen LogP) is 1.15. The topological polar surface area (TPSA) is 61.3 Å². The molecule has 0 bridgehead atoms. The van der Waals surface area contributed by atoms with E-state index in [-0.39, 0.29) is 16.9 Å². The Balaban J connectivity index is 2.39. The van der Waals surface area contributed by atoms with E-state index in [2.05, 4.69) is 5.10 Å². The monoisotopic (exact) mass is 290 g/mol. The lowest BCUT2D eigenvalue weighted by Crippen LogP contribution is -2.23. The highest BCUT2D eigenvalue weighted by Gasteiger charge is 2.12. The summed E-state index contributed by atoms with van der Waals surface area (Å²) in [5, 5.41) is 4.53. The van der Waals surface area contributed by atoms with Crippen LogP contribution in [0.15, 0.2) is 40.2 Å². The Kier molecular flexibility index (Phi) is 2.76. The van der Waals surface area contributed by atoms with Crippen molar-refractivity contribution in [3.05, 3.63) is 62.0 Å². The molecule has 0 spiro atoms. The van der Waals surface area contributed by atoms with Gasteiger partial charge in [-0.1, -0.05) is 17.7 Å². The minimum absolute atomic E-state index is 0.0828. The van der Waals surface area contributed by atoms with Gasteiger partial charge in [0.15, 0.2) is 0 Å². The molecule has 0 aliphatic heterocycles. The van der Waals surface area contributed by atoms with Crippen LogP contribution in [0.25, 0.3) is 11.3 Å². The average Bonchev–Trinajstić information content (AvgIpc) is 2.71. The molecule has 0 unspecified atom stereocenters. The van der Waals surface area contributed by atoms with E-state index in [1.807, 2.05) is 6.92 Å². The Labute approximate surface area is 118 Å². The Hall–Kier alpha value is -2.34. The fraction of sp³-hybridized carbons (Fsp3) is 0.154. The third kappa shape index (κ3) is 1.69. The second-order valence-corrected chi connectivity index (χ2v) is 4.86. The number of aromatic nitrogens is 4. The second kappa shape index (κ2) is 4.35. The fourth-order valence-corrected chi connectivity index (χ4v) is 2.28. The van der Waals surface area contributed by atoms with Crippen molar-refractivity contribution in [2.75, 3.05) is 0 Å². The Morgan fingerprint density at radius 2 is 1.95 bits per heavy atom. The molecule has 0 saturated carbocycles. The molecular formula is C13H11ClN4O2. The number of hydrogen-bond donors (Lipinski definition) is 0. The van der Waals surface area contributed by atoms with E-state index in [4.69, 9.17) is 11.6 Å². The second-order valence-electron chi connectivity index (χ2n) is 4.46. The molecule has 2 heterocycles. The first-order valence-electron chi connectivity index (χ1n) is 5.93. The van der Waals surface area contributed by atoms with Gasteiger partial charge in [-0.25, -0.2) is 13.9 Å². The van der Waals surface area contributed by atoms with E-state index in [9.17, 15) is 9.59 Å². The van der Waals surface area contributed by atoms with Crippen LogP contribution in [0.2, 0.25) is 5.02 Å². The molecule has 6 nitrogen and oxygen atoms in total. The Bertz CT molecular complexity index is 936. The normalized spacial score (nSPS) is 11.2. The summed E-state index contributed by atoms with van der Waals surface area (Å²) >= 11 is 6.07. The number of halogens is 1. The van der Waals surface area contributed by atoms with Crippen molar-refractivity contribution in [3.8, 4) is 5.69 Å². The van der Waals surface area contributed by atoms with E-state index in [1.54, 1.807) is 18.2 Å². The molecule has 102 valence electrons. The third-order valence-electron chi connectivity index (χ3n) is 3.23. The number of hydrogen-bond acceptors (Lipinski definition) is 3. The van der Waals surface area contributed by atoms with Crippen LogP contribution in [0.4, 0.5) is 0 Å². The van der Waals surface area contributed by atoms with Gasteiger partial charge in [-0.05, 0) is 24.6 Å². The van der Waals surface area contributed by atoms with Crippen LogP contribution in [0.1, 0.15) is 5.56 Å². The predicted molar refractivity (Wildman–Crippen MR) is 75.8 cm³/mol. The summed E-state index contributed by atoms with van der Waals surface area (Å²) in [7, 11) is 1.50. The van der Waals surface area contributed by atoms with Crippen LogP contribution in [-0.4, -0.2) is 18.7 Å². The quantitative estimate of drug-likeness (QED) is 0.675. The zero-order valence-corrected chi connectivity index (χ0v) is 11.6. The first-order chi connectivity index (χ1) is 9.50. The van der Waals surface area contributed by atoms with Gasteiger partial charge in [0.2, 0.25) is 5.65 Å². The van der Waals surface area contributed by atoms with Crippen LogP contribution in [0.3, 0.4) is 0 Å². The third-order valence-corrected chi connectivity index (χ3v) is 3.64. The van der Waals surface area contributed by atoms with Gasteiger partial charge in [0.05, 0.1) is 5.69 Å². The minimum atomic E-state index is -0.365. The van der Waals surface area contributed by atoms with Gasteiger partial charge in [0.25, 0.3) is 0 Å². The fourth-order valence-electron chi connectivity index (χ4n) is 2.12. The molecule has 1 aromatic carbocycles. The van der Waals surface area contributed by atoms with Crippen LogP contribution in [0.5, 0.6) is 0 Å². The van der Waals surface area contributed by atoms with E-state index in [0.29, 0.717) is 10.7 Å². The molecule has 0 saturated heterocycles. The summed E-state index contributed by atoms with van der Waals surface area (Å²) in [6.07, 6.45) is 3.06. The molecule has 3 rings (SSSR count). The standard InChI is InChI=1S/C13H11ClN4O2/c1-8-9(14)4-3-5-10(8)17-6-7-18-11(12(17)19)15-16(2)13(18)20/h3-7H,1-2H3. The van der Waals surface area contributed by atoms with Crippen LogP contribution in [0, 0.1) is 6.92 Å². The zero-order chi connectivity index (χ0) is 14.4. The van der Waals surface area contributed by atoms with Crippen LogP contribution >= 0.6 is 11.6 Å². The molecule has 3 aromatic rings. The summed E-state index contributed by atoms with van der Waals surface area (Å²) in [6.45, 7) is 1.83. The van der Waals surface area contributed by atoms with Crippen molar-refractivity contribution in [2.45, 2.75) is 6.92 Å². The van der Waals surface area contributed by atoms with Crippen molar-refractivity contribution in [1.82, 2.24) is 18.7 Å². The largest absolute Gasteiger partial charge is 0.350 e. The molecule has 7 heteroatoms. The molecule has 20 heavy (non-hydrogen) atoms. The van der Waals surface area contributed by atoms with Crippen molar-refractivity contribution < 1.29 is 0 Å². The first kappa shape index (κ1) is 12.7. The van der Waals surface area contributed by atoms with Gasteiger partial charge in [0, 0.05) is 24.5 Å². The maximum Gasteiger partial charge on any atom is 0.350 e. The maximum absolute atomic E-state index is 12.4. The van der Waals surface area contributed by atoms with Crippen molar-refractivity contribution in [2.24, 2.45) is 7.05 Å². The van der Waals surface area contributed by atoms with E-state index in [0.717, 1.165) is 10.2 Å². The van der Waals surface area contributed by atoms with Crippen LogP contribution < -0.4 is 11.2 Å². The highest BCUT2D eigenvalue weighted by atomic mass is 35.5. The lowest BCUT2D eigenvalue weighted by Gasteiger charge is -2.09. The van der Waals surface area contributed by atoms with Crippen molar-refractivity contribution >= 4 is 17.2 Å². The van der Waals surface area contributed by atoms with Crippen LogP contribution in [-0.2, 0) is 7.05 Å². The highest BCUT2D eigenvalue weighted by molar-refractivity contribution is 6.31. The smallest absolute Gasteiger partial charge is 0.279 e. The number of benzene rings is 1. The number of nitrogens with zero attached hydrogens (tertiary/aromatic N) is 4. The zero-order valence-electron chi connectivity index (χ0n) is 10.9. The van der Waals surface area contributed by atoms with E-state index in [1.165, 1.54) is 28.4 Å². The van der Waals surface area contributed by atoms with Gasteiger partial charge in [-0.2, -0.15) is 0 Å². The van der Waals surface area contributed by atoms with Gasteiger partial charge in [0.1, 0.15) is 0 Å². The summed E-state index contributed by atoms with van der Waals surface area (Å²) in [4.78, 5) is 24.2. The first-order valence-corrected chi connectivity index (χ1v) is 6.31. The summed E-state index contributed by atoms with van der Waals surface area (Å²) in [6, 6.07) is 5.32. The van der Waals surface area contributed by atoms with Gasteiger partial charge < -0.3 is 0 Å². The van der Waals surface area contributed by atoms with E-state index < -0.39 is 0 Å². The number of rotatable bonds is 1. The van der Waals surface area contributed by atoms with E-state index >= 15 is 0 Å². The molecule has 0 aliphatic rings. The van der Waals surface area contributed by atoms with Gasteiger partial charge in [-0.3, -0.25) is 9.36 Å². The molecule has 0 radical (unpaired) electrons. The SMILES string of the molecule is Cc1c(Cl)cccc1-n1ccn2c(=O)n(C)nc2c1=O. The molecular weight excluding hydrogens is 280 g/mol. The molecule has 0 atom stereocenters. The summed E-state index contributed by atoms with van der Waals surface area (Å²) in [5.41, 5.74) is 0.823. The lowest BCUT2D eigenvalue weighted by molar-refractivity contribution is 0.732. The Morgan fingerprint density at radius 3 is 2.70 bits per heavy atom. The Morgan fingerprint density at radius 1 is 1.20 bits per heavy atom. The summed E-state index contributed by atoms with van der Waals surface area (Å²) in [5.74, 6) is 0. The average molecular weight is 291 g/mol. The molecule has 2 aromatic heterocycles. The molecule has 0 amide bonds. The lowest BCUT2D eigenvalue weighted by atomic mass is 10.2. The maximum atomic E-state index is 12.4. The molecule has 0 N–H and O–H groups in total. The highest BCUT2D eigenvalue weighted by Crippen LogP contribution is 2.20. The van der Waals surface area contributed by atoms with Gasteiger partial charge in [-0.15, -0.1) is 5.10 Å². The molecule has 0 aliphatic carbocycles. The molecule has 0 fully saturated rings. The van der Waals surface area contributed by atoms with Gasteiger partial charge >= 0.3 is 11.2 Å².